The minimum Gasteiger partial charge on any atom is -0.494 e. The second-order valence-corrected chi connectivity index (χ2v) is 5.23. The largest absolute Gasteiger partial charge is 0.494 e. The molecule has 0 saturated carbocycles. The molecule has 1 N–H and O–H groups in total. The second kappa shape index (κ2) is 7.46. The van der Waals surface area contributed by atoms with E-state index in [1.165, 1.54) is 0 Å². The van der Waals surface area contributed by atoms with Gasteiger partial charge in [0.2, 0.25) is 0 Å². The summed E-state index contributed by atoms with van der Waals surface area (Å²) in [5.74, 6) is 0.704. The summed E-state index contributed by atoms with van der Waals surface area (Å²) < 4.78 is 7.23. The lowest BCUT2D eigenvalue weighted by molar-refractivity contribution is 0.0944. The molecule has 0 aliphatic heterocycles. The number of hydrogen-bond donors (Lipinski definition) is 1. The third-order valence-electron chi connectivity index (χ3n) is 3.59. The maximum atomic E-state index is 12.5. The summed E-state index contributed by atoms with van der Waals surface area (Å²) in [6.07, 6.45) is 5.28. The van der Waals surface area contributed by atoms with Gasteiger partial charge in [-0.15, -0.1) is 0 Å². The van der Waals surface area contributed by atoms with Gasteiger partial charge >= 0.3 is 0 Å². The first-order valence-electron chi connectivity index (χ1n) is 7.85. The van der Waals surface area contributed by atoms with Gasteiger partial charge in [0.1, 0.15) is 11.4 Å². The predicted octanol–water partition coefficient (Wildman–Crippen LogP) is 3.20. The zero-order valence-electron chi connectivity index (χ0n) is 13.5. The number of rotatable bonds is 6. The fourth-order valence-corrected chi connectivity index (χ4v) is 2.43. The summed E-state index contributed by atoms with van der Waals surface area (Å²) in [4.78, 5) is 16.6. The van der Waals surface area contributed by atoms with Gasteiger partial charge in [-0.1, -0.05) is 12.1 Å². The van der Waals surface area contributed by atoms with Crippen molar-refractivity contribution in [1.82, 2.24) is 14.9 Å². The molecule has 0 fully saturated rings. The van der Waals surface area contributed by atoms with Crippen LogP contribution >= 0.6 is 0 Å². The number of benzene rings is 1. The molecule has 24 heavy (non-hydrogen) atoms. The fraction of sp³-hybridized carbons (Fsp3) is 0.158. The van der Waals surface area contributed by atoms with Crippen LogP contribution in [0.25, 0.3) is 5.69 Å². The van der Waals surface area contributed by atoms with Crippen molar-refractivity contribution in [2.24, 2.45) is 0 Å². The lowest BCUT2D eigenvalue weighted by Crippen LogP contribution is -2.25. The molecule has 1 amide bonds. The summed E-state index contributed by atoms with van der Waals surface area (Å²) >= 11 is 0. The summed E-state index contributed by atoms with van der Waals surface area (Å²) in [5.41, 5.74) is 2.45. The number of hydrogen-bond acceptors (Lipinski definition) is 3. The summed E-state index contributed by atoms with van der Waals surface area (Å²) in [6, 6.07) is 15.1. The molecule has 0 spiro atoms. The molecule has 5 heteroatoms. The Morgan fingerprint density at radius 3 is 2.71 bits per heavy atom. The Hall–Kier alpha value is -3.08. The van der Waals surface area contributed by atoms with Crippen LogP contribution in [0.15, 0.2) is 67.1 Å². The van der Waals surface area contributed by atoms with Crippen molar-refractivity contribution in [3.8, 4) is 11.4 Å². The predicted molar refractivity (Wildman–Crippen MR) is 92.3 cm³/mol. The standard InChI is InChI=1S/C19H19N3O2/c1-2-24-17-9-7-15(8-10-17)13-21-19(23)18-6-4-12-22(18)16-5-3-11-20-14-16/h3-12,14H,2,13H2,1H3,(H,21,23). The molecular weight excluding hydrogens is 302 g/mol. The number of nitrogens with one attached hydrogen (secondary N) is 1. The Balaban J connectivity index is 1.67. The van der Waals surface area contributed by atoms with Crippen molar-refractivity contribution in [3.63, 3.8) is 0 Å². The van der Waals surface area contributed by atoms with E-state index in [1.807, 2.05) is 60.2 Å². The molecule has 1 aromatic carbocycles. The van der Waals surface area contributed by atoms with Crippen LogP contribution in [0.3, 0.4) is 0 Å². The van der Waals surface area contributed by atoms with E-state index in [0.29, 0.717) is 18.8 Å². The van der Waals surface area contributed by atoms with E-state index in [-0.39, 0.29) is 5.91 Å². The average molecular weight is 321 g/mol. The van der Waals surface area contributed by atoms with Gasteiger partial charge < -0.3 is 14.6 Å². The zero-order valence-corrected chi connectivity index (χ0v) is 13.5. The highest BCUT2D eigenvalue weighted by Crippen LogP contribution is 2.13. The van der Waals surface area contributed by atoms with Crippen molar-refractivity contribution in [2.75, 3.05) is 6.61 Å². The van der Waals surface area contributed by atoms with Crippen LogP contribution in [0.1, 0.15) is 23.0 Å². The number of carbonyl (C=O) groups excluding carboxylic acids is 1. The second-order valence-electron chi connectivity index (χ2n) is 5.23. The number of amides is 1. The Labute approximate surface area is 140 Å². The minimum atomic E-state index is -0.127. The third kappa shape index (κ3) is 3.63. The zero-order chi connectivity index (χ0) is 16.8. The SMILES string of the molecule is CCOc1ccc(CNC(=O)c2cccn2-c2cccnc2)cc1. The summed E-state index contributed by atoms with van der Waals surface area (Å²) in [7, 11) is 0. The first kappa shape index (κ1) is 15.8. The maximum absolute atomic E-state index is 12.5. The molecule has 2 aromatic heterocycles. The first-order chi connectivity index (χ1) is 11.8. The van der Waals surface area contributed by atoms with Gasteiger partial charge in [0.15, 0.2) is 0 Å². The third-order valence-corrected chi connectivity index (χ3v) is 3.59. The van der Waals surface area contributed by atoms with E-state index in [1.54, 1.807) is 18.5 Å². The average Bonchev–Trinajstić information content (AvgIpc) is 3.12. The monoisotopic (exact) mass is 321 g/mol. The van der Waals surface area contributed by atoms with Crippen LogP contribution in [0.5, 0.6) is 5.75 Å². The quantitative estimate of drug-likeness (QED) is 0.758. The van der Waals surface area contributed by atoms with Crippen LogP contribution in [-0.2, 0) is 6.54 Å². The Morgan fingerprint density at radius 1 is 1.17 bits per heavy atom. The highest BCUT2D eigenvalue weighted by molar-refractivity contribution is 5.93. The molecule has 0 unspecified atom stereocenters. The normalized spacial score (nSPS) is 10.4. The molecule has 0 radical (unpaired) electrons. The van der Waals surface area contributed by atoms with Gasteiger partial charge in [-0.05, 0) is 48.9 Å². The molecule has 0 aliphatic carbocycles. The molecule has 3 aromatic rings. The van der Waals surface area contributed by atoms with Gasteiger partial charge in [0, 0.05) is 18.9 Å². The van der Waals surface area contributed by atoms with Crippen LogP contribution in [0.4, 0.5) is 0 Å². The molecule has 0 atom stereocenters. The molecular formula is C19H19N3O2. The fourth-order valence-electron chi connectivity index (χ4n) is 2.43. The van der Waals surface area contributed by atoms with Crippen LogP contribution in [0.2, 0.25) is 0 Å². The minimum absolute atomic E-state index is 0.127. The van der Waals surface area contributed by atoms with Gasteiger partial charge in [-0.3, -0.25) is 9.78 Å². The lowest BCUT2D eigenvalue weighted by Gasteiger charge is -2.10. The first-order valence-corrected chi connectivity index (χ1v) is 7.85. The molecule has 0 saturated heterocycles. The van der Waals surface area contributed by atoms with E-state index in [4.69, 9.17) is 4.74 Å². The number of pyridine rings is 1. The number of aromatic nitrogens is 2. The lowest BCUT2D eigenvalue weighted by atomic mass is 10.2. The van der Waals surface area contributed by atoms with Crippen molar-refractivity contribution < 1.29 is 9.53 Å². The Morgan fingerprint density at radius 2 is 2.00 bits per heavy atom. The van der Waals surface area contributed by atoms with E-state index >= 15 is 0 Å². The van der Waals surface area contributed by atoms with E-state index < -0.39 is 0 Å². The Bertz CT molecular complexity index is 795. The highest BCUT2D eigenvalue weighted by atomic mass is 16.5. The highest BCUT2D eigenvalue weighted by Gasteiger charge is 2.11. The number of nitrogens with zero attached hydrogens (tertiary/aromatic N) is 2. The topological polar surface area (TPSA) is 56.1 Å². The van der Waals surface area contributed by atoms with Crippen LogP contribution in [-0.4, -0.2) is 22.1 Å². The van der Waals surface area contributed by atoms with Gasteiger partial charge in [-0.2, -0.15) is 0 Å². The summed E-state index contributed by atoms with van der Waals surface area (Å²) in [6.45, 7) is 3.05. The van der Waals surface area contributed by atoms with E-state index in [0.717, 1.165) is 17.0 Å². The van der Waals surface area contributed by atoms with Crippen LogP contribution in [0, 0.1) is 0 Å². The molecule has 122 valence electrons. The summed E-state index contributed by atoms with van der Waals surface area (Å²) in [5, 5.41) is 2.94. The molecule has 0 aliphatic rings. The molecule has 2 heterocycles. The molecule has 0 bridgehead atoms. The number of carbonyl (C=O) groups is 1. The van der Waals surface area contributed by atoms with E-state index in [9.17, 15) is 4.79 Å². The smallest absolute Gasteiger partial charge is 0.268 e. The maximum Gasteiger partial charge on any atom is 0.268 e. The molecule has 3 rings (SSSR count). The van der Waals surface area contributed by atoms with Gasteiger partial charge in [0.25, 0.3) is 5.91 Å². The van der Waals surface area contributed by atoms with Crippen molar-refractivity contribution in [2.45, 2.75) is 13.5 Å². The molecule has 5 nitrogen and oxygen atoms in total. The number of ether oxygens (including phenoxy) is 1. The van der Waals surface area contributed by atoms with Gasteiger partial charge in [0.05, 0.1) is 18.5 Å². The van der Waals surface area contributed by atoms with Gasteiger partial charge in [-0.25, -0.2) is 0 Å². The van der Waals surface area contributed by atoms with E-state index in [2.05, 4.69) is 10.3 Å². The van der Waals surface area contributed by atoms with Crippen molar-refractivity contribution >= 4 is 5.91 Å². The Kier molecular flexibility index (Phi) is 4.91. The van der Waals surface area contributed by atoms with Crippen LogP contribution < -0.4 is 10.1 Å². The van der Waals surface area contributed by atoms with Crippen molar-refractivity contribution in [3.05, 3.63) is 78.4 Å². The van der Waals surface area contributed by atoms with Crippen molar-refractivity contribution in [1.29, 1.82) is 0 Å².